The van der Waals surface area contributed by atoms with E-state index in [1.165, 1.54) is 28.5 Å². The first-order valence-electron chi connectivity index (χ1n) is 10.1. The van der Waals surface area contributed by atoms with Crippen LogP contribution in [0.3, 0.4) is 0 Å². The van der Waals surface area contributed by atoms with Crippen LogP contribution in [0.4, 0.5) is 0 Å². The van der Waals surface area contributed by atoms with Crippen LogP contribution >= 0.6 is 24.0 Å². The highest BCUT2D eigenvalue weighted by atomic mass is 32.2. The number of thioether (sulfide) groups is 1. The van der Waals surface area contributed by atoms with Gasteiger partial charge in [-0.25, -0.2) is 0 Å². The summed E-state index contributed by atoms with van der Waals surface area (Å²) < 4.78 is 0.571. The minimum absolute atomic E-state index is 0.00540. The molecule has 0 aliphatic carbocycles. The van der Waals surface area contributed by atoms with Crippen LogP contribution in [-0.2, 0) is 11.2 Å². The molecule has 1 aliphatic heterocycles. The Balaban J connectivity index is 1.61. The van der Waals surface area contributed by atoms with Crippen molar-refractivity contribution in [3.05, 3.63) is 107 Å². The lowest BCUT2D eigenvalue weighted by molar-refractivity contribution is -0.118. The second-order valence-electron chi connectivity index (χ2n) is 7.48. The van der Waals surface area contributed by atoms with Gasteiger partial charge in [-0.05, 0) is 35.6 Å². The highest BCUT2D eigenvalue weighted by Gasteiger charge is 2.29. The summed E-state index contributed by atoms with van der Waals surface area (Å²) >= 11 is 6.58. The van der Waals surface area contributed by atoms with Gasteiger partial charge in [-0.3, -0.25) is 10.1 Å². The highest BCUT2D eigenvalue weighted by molar-refractivity contribution is 8.24. The monoisotopic (exact) mass is 432 g/mol. The maximum atomic E-state index is 12.1. The third-order valence-corrected chi connectivity index (χ3v) is 6.69. The van der Waals surface area contributed by atoms with Gasteiger partial charge in [0.25, 0.3) is 0 Å². The van der Waals surface area contributed by atoms with Gasteiger partial charge in [0.2, 0.25) is 5.91 Å². The van der Waals surface area contributed by atoms with E-state index in [0.29, 0.717) is 10.7 Å². The van der Waals surface area contributed by atoms with Gasteiger partial charge in [-0.15, -0.1) is 0 Å². The molecule has 2 unspecified atom stereocenters. The standard InChI is InChI=1S/C25H24N2OS2/c1-17(19-10-4-2-5-11-19)26-23(20-12-6-3-7-13-20)21-14-8-9-18(15-21)16-22-24(28)27-25(29)30-22/h2-15,17,22-23,26H,16H2,1H3,(H,27,28,29)/t17-,22?,23?/m1/s1. The maximum absolute atomic E-state index is 12.1. The molecule has 1 amide bonds. The molecule has 3 nitrogen and oxygen atoms in total. The topological polar surface area (TPSA) is 41.1 Å². The van der Waals surface area contributed by atoms with E-state index in [9.17, 15) is 4.79 Å². The SMILES string of the molecule is C[C@@H](NC(c1ccccc1)c1cccc(CC2SC(=S)NC2=O)c1)c1ccccc1. The fourth-order valence-electron chi connectivity index (χ4n) is 3.76. The molecule has 3 aromatic rings. The van der Waals surface area contributed by atoms with Gasteiger partial charge in [0.15, 0.2) is 0 Å². The molecular formula is C25H24N2OS2. The number of carbonyl (C=O) groups excluding carboxylic acids is 1. The molecule has 0 saturated carbocycles. The lowest BCUT2D eigenvalue weighted by Crippen LogP contribution is -2.26. The van der Waals surface area contributed by atoms with Gasteiger partial charge < -0.3 is 5.32 Å². The fourth-order valence-corrected chi connectivity index (χ4v) is 5.07. The Hall–Kier alpha value is -2.47. The summed E-state index contributed by atoms with van der Waals surface area (Å²) in [5.41, 5.74) is 4.79. The Labute approximate surface area is 187 Å². The zero-order valence-electron chi connectivity index (χ0n) is 16.7. The molecule has 2 N–H and O–H groups in total. The Kier molecular flexibility index (Phi) is 6.62. The molecule has 0 aromatic heterocycles. The summed E-state index contributed by atoms with van der Waals surface area (Å²) in [5, 5.41) is 6.38. The van der Waals surface area contributed by atoms with Crippen LogP contribution < -0.4 is 10.6 Å². The zero-order valence-corrected chi connectivity index (χ0v) is 18.4. The molecule has 4 rings (SSSR count). The van der Waals surface area contributed by atoms with Crippen LogP contribution in [0.5, 0.6) is 0 Å². The molecular weight excluding hydrogens is 408 g/mol. The molecule has 1 aliphatic rings. The largest absolute Gasteiger partial charge is 0.311 e. The van der Waals surface area contributed by atoms with E-state index in [4.69, 9.17) is 12.2 Å². The van der Waals surface area contributed by atoms with Crippen LogP contribution in [-0.4, -0.2) is 15.5 Å². The second kappa shape index (κ2) is 9.56. The molecule has 152 valence electrons. The second-order valence-corrected chi connectivity index (χ2v) is 9.35. The van der Waals surface area contributed by atoms with E-state index in [2.05, 4.69) is 90.4 Å². The van der Waals surface area contributed by atoms with E-state index in [0.717, 1.165) is 5.56 Å². The number of carbonyl (C=O) groups is 1. The molecule has 0 radical (unpaired) electrons. The van der Waals surface area contributed by atoms with Crippen molar-refractivity contribution in [3.8, 4) is 0 Å². The molecule has 1 saturated heterocycles. The molecule has 1 heterocycles. The number of nitrogens with one attached hydrogen (secondary N) is 2. The van der Waals surface area contributed by atoms with Crippen molar-refractivity contribution in [1.82, 2.24) is 10.6 Å². The van der Waals surface area contributed by atoms with Crippen LogP contribution in [0, 0.1) is 0 Å². The quantitative estimate of drug-likeness (QED) is 0.505. The molecule has 3 atom stereocenters. The van der Waals surface area contributed by atoms with Crippen LogP contribution in [0.2, 0.25) is 0 Å². The van der Waals surface area contributed by atoms with Crippen LogP contribution in [0.1, 0.15) is 41.3 Å². The average Bonchev–Trinajstić information content (AvgIpc) is 3.09. The van der Waals surface area contributed by atoms with Gasteiger partial charge in [-0.2, -0.15) is 0 Å². The molecule has 0 bridgehead atoms. The van der Waals surface area contributed by atoms with Crippen molar-refractivity contribution >= 4 is 34.2 Å². The number of amides is 1. The number of thiocarbonyl (C=S) groups is 1. The van der Waals surface area contributed by atoms with Crippen molar-refractivity contribution in [3.63, 3.8) is 0 Å². The third-order valence-electron chi connectivity index (χ3n) is 5.32. The van der Waals surface area contributed by atoms with Crippen LogP contribution in [0.15, 0.2) is 84.9 Å². The van der Waals surface area contributed by atoms with Crippen LogP contribution in [0.25, 0.3) is 0 Å². The lowest BCUT2D eigenvalue weighted by Gasteiger charge is -2.25. The van der Waals surface area contributed by atoms with E-state index in [1.807, 2.05) is 12.1 Å². The molecule has 1 fully saturated rings. The number of hydrogen-bond acceptors (Lipinski definition) is 4. The summed E-state index contributed by atoms with van der Waals surface area (Å²) in [6.07, 6.45) is 0.667. The minimum Gasteiger partial charge on any atom is -0.311 e. The zero-order chi connectivity index (χ0) is 20.9. The number of hydrogen-bond donors (Lipinski definition) is 2. The normalized spacial score (nSPS) is 18.1. The summed E-state index contributed by atoms with van der Waals surface area (Å²) in [7, 11) is 0. The molecule has 3 aromatic carbocycles. The predicted octanol–water partition coefficient (Wildman–Crippen LogP) is 5.19. The van der Waals surface area contributed by atoms with Crippen molar-refractivity contribution in [2.24, 2.45) is 0 Å². The summed E-state index contributed by atoms with van der Waals surface area (Å²) in [4.78, 5) is 12.1. The Morgan fingerprint density at radius 3 is 2.20 bits per heavy atom. The van der Waals surface area contributed by atoms with E-state index >= 15 is 0 Å². The first-order chi connectivity index (χ1) is 14.6. The first-order valence-corrected chi connectivity index (χ1v) is 11.3. The van der Waals surface area contributed by atoms with Gasteiger partial charge in [0, 0.05) is 6.04 Å². The lowest BCUT2D eigenvalue weighted by atomic mass is 9.94. The summed E-state index contributed by atoms with van der Waals surface area (Å²) in [6, 6.07) is 29.7. The summed E-state index contributed by atoms with van der Waals surface area (Å²) in [6.45, 7) is 2.19. The molecule has 5 heteroatoms. The van der Waals surface area contributed by atoms with E-state index in [1.54, 1.807) is 0 Å². The minimum atomic E-state index is -0.154. The smallest absolute Gasteiger partial charge is 0.239 e. The van der Waals surface area contributed by atoms with E-state index in [-0.39, 0.29) is 23.2 Å². The van der Waals surface area contributed by atoms with Gasteiger partial charge in [0.05, 0.1) is 11.3 Å². The Morgan fingerprint density at radius 2 is 1.57 bits per heavy atom. The number of benzene rings is 3. The first kappa shape index (κ1) is 20.8. The third kappa shape index (κ3) is 4.98. The highest BCUT2D eigenvalue weighted by Crippen LogP contribution is 2.29. The Morgan fingerprint density at radius 1 is 0.933 bits per heavy atom. The fraction of sp³-hybridized carbons (Fsp3) is 0.200. The summed E-state index contributed by atoms with van der Waals surface area (Å²) in [5.74, 6) is 0.00540. The van der Waals surface area contributed by atoms with Crippen molar-refractivity contribution < 1.29 is 4.79 Å². The molecule has 0 spiro atoms. The van der Waals surface area contributed by atoms with Crippen molar-refractivity contribution in [2.75, 3.05) is 0 Å². The van der Waals surface area contributed by atoms with Crippen molar-refractivity contribution in [2.45, 2.75) is 30.7 Å². The predicted molar refractivity (Wildman–Crippen MR) is 129 cm³/mol. The maximum Gasteiger partial charge on any atom is 0.239 e. The van der Waals surface area contributed by atoms with Gasteiger partial charge in [0.1, 0.15) is 4.32 Å². The van der Waals surface area contributed by atoms with Crippen molar-refractivity contribution in [1.29, 1.82) is 0 Å². The van der Waals surface area contributed by atoms with Gasteiger partial charge >= 0.3 is 0 Å². The number of rotatable bonds is 7. The van der Waals surface area contributed by atoms with Gasteiger partial charge in [-0.1, -0.05) is 109 Å². The average molecular weight is 433 g/mol. The molecule has 30 heavy (non-hydrogen) atoms. The van der Waals surface area contributed by atoms with E-state index < -0.39 is 0 Å². The Bertz CT molecular complexity index is 1020.